The summed E-state index contributed by atoms with van der Waals surface area (Å²) in [5.74, 6) is -0.263. The predicted molar refractivity (Wildman–Crippen MR) is 98.5 cm³/mol. The molecule has 0 bridgehead atoms. The maximum Gasteiger partial charge on any atom is 0.573 e. The third-order valence-electron chi connectivity index (χ3n) is 3.88. The van der Waals surface area contributed by atoms with Gasteiger partial charge >= 0.3 is 12.5 Å². The fraction of sp³-hybridized carbons (Fsp3) is 0.611. The van der Waals surface area contributed by atoms with Crippen LogP contribution in [0.3, 0.4) is 0 Å². The van der Waals surface area contributed by atoms with E-state index in [0.717, 1.165) is 24.9 Å². The summed E-state index contributed by atoms with van der Waals surface area (Å²) in [7, 11) is 0. The van der Waals surface area contributed by atoms with E-state index in [0.29, 0.717) is 17.6 Å². The third kappa shape index (κ3) is 7.96. The van der Waals surface area contributed by atoms with Crippen LogP contribution in [0.4, 0.5) is 18.0 Å². The molecule has 1 fully saturated rings. The van der Waals surface area contributed by atoms with Crippen LogP contribution in [0.15, 0.2) is 22.7 Å². The molecule has 1 unspecified atom stereocenters. The first-order chi connectivity index (χ1) is 12.4. The molecular weight excluding hydrogens is 429 g/mol. The topological polar surface area (TPSA) is 50.8 Å². The highest BCUT2D eigenvalue weighted by atomic mass is 79.9. The maximum atomic E-state index is 12.3. The summed E-state index contributed by atoms with van der Waals surface area (Å²) < 4.78 is 46.7. The second-order valence-corrected chi connectivity index (χ2v) is 8.38. The molecule has 1 aliphatic heterocycles. The number of likely N-dealkylation sites (tertiary alicyclic amines) is 1. The molecule has 0 spiro atoms. The van der Waals surface area contributed by atoms with Crippen molar-refractivity contribution < 1.29 is 27.4 Å². The predicted octanol–water partition coefficient (Wildman–Crippen LogP) is 4.84. The number of alkyl halides is 3. The van der Waals surface area contributed by atoms with Gasteiger partial charge in [0, 0.05) is 23.6 Å². The minimum Gasteiger partial charge on any atom is -0.444 e. The van der Waals surface area contributed by atoms with Gasteiger partial charge in [-0.15, -0.1) is 13.2 Å². The number of ether oxygens (including phenoxy) is 2. The van der Waals surface area contributed by atoms with Gasteiger partial charge in [0.1, 0.15) is 11.4 Å². The van der Waals surface area contributed by atoms with Gasteiger partial charge in [-0.3, -0.25) is 4.90 Å². The number of piperidine rings is 1. The zero-order valence-corrected chi connectivity index (χ0v) is 17.1. The zero-order valence-electron chi connectivity index (χ0n) is 15.5. The largest absolute Gasteiger partial charge is 0.573 e. The van der Waals surface area contributed by atoms with Crippen molar-refractivity contribution in [3.63, 3.8) is 0 Å². The number of amides is 1. The normalized spacial score (nSPS) is 18.9. The first kappa shape index (κ1) is 21.8. The maximum absolute atomic E-state index is 12.3. The fourth-order valence-electron chi connectivity index (χ4n) is 2.89. The first-order valence-corrected chi connectivity index (χ1v) is 9.46. The molecule has 1 saturated heterocycles. The van der Waals surface area contributed by atoms with Crippen molar-refractivity contribution in [2.24, 2.45) is 0 Å². The standard InChI is InChI=1S/C18H24BrF3N2O3/c1-17(2,3)27-16(25)23-13-5-4-8-24(11-13)10-12-6-7-14(9-15(12)19)26-18(20,21)22/h6-7,9,13H,4-5,8,10-11H2,1-3H3,(H,23,25). The third-order valence-corrected chi connectivity index (χ3v) is 4.62. The molecule has 1 aromatic carbocycles. The lowest BCUT2D eigenvalue weighted by Gasteiger charge is -2.33. The van der Waals surface area contributed by atoms with Crippen LogP contribution in [0.1, 0.15) is 39.2 Å². The van der Waals surface area contributed by atoms with E-state index in [9.17, 15) is 18.0 Å². The Morgan fingerprint density at radius 1 is 1.33 bits per heavy atom. The van der Waals surface area contributed by atoms with Gasteiger partial charge < -0.3 is 14.8 Å². The summed E-state index contributed by atoms with van der Waals surface area (Å²) in [6.07, 6.45) is -3.39. The van der Waals surface area contributed by atoms with E-state index in [-0.39, 0.29) is 11.8 Å². The summed E-state index contributed by atoms with van der Waals surface area (Å²) >= 11 is 3.31. The molecule has 27 heavy (non-hydrogen) atoms. The van der Waals surface area contributed by atoms with Gasteiger partial charge in [0.05, 0.1) is 0 Å². The van der Waals surface area contributed by atoms with Crippen LogP contribution in [-0.4, -0.2) is 42.1 Å². The molecular formula is C18H24BrF3N2O3. The van der Waals surface area contributed by atoms with Gasteiger partial charge in [0.2, 0.25) is 0 Å². The Balaban J connectivity index is 1.92. The molecule has 1 N–H and O–H groups in total. The monoisotopic (exact) mass is 452 g/mol. The number of halogens is 4. The number of carbonyl (C=O) groups excluding carboxylic acids is 1. The Hall–Kier alpha value is -1.48. The smallest absolute Gasteiger partial charge is 0.444 e. The number of nitrogens with one attached hydrogen (secondary N) is 1. The van der Waals surface area contributed by atoms with E-state index in [1.54, 1.807) is 6.07 Å². The van der Waals surface area contributed by atoms with E-state index >= 15 is 0 Å². The number of carbonyl (C=O) groups is 1. The lowest BCUT2D eigenvalue weighted by Crippen LogP contribution is -2.48. The Morgan fingerprint density at radius 2 is 2.04 bits per heavy atom. The molecule has 2 rings (SSSR count). The molecule has 0 saturated carbocycles. The minimum atomic E-state index is -4.71. The van der Waals surface area contributed by atoms with Crippen molar-refractivity contribution >= 4 is 22.0 Å². The highest BCUT2D eigenvalue weighted by Gasteiger charge is 2.31. The molecule has 1 amide bonds. The van der Waals surface area contributed by atoms with Gasteiger partial charge in [-0.1, -0.05) is 22.0 Å². The number of hydrogen-bond acceptors (Lipinski definition) is 4. The molecule has 1 heterocycles. The molecule has 1 aliphatic rings. The zero-order chi connectivity index (χ0) is 20.2. The van der Waals surface area contributed by atoms with Gasteiger partial charge in [-0.2, -0.15) is 0 Å². The van der Waals surface area contributed by atoms with Crippen molar-refractivity contribution in [3.8, 4) is 5.75 Å². The number of hydrogen-bond donors (Lipinski definition) is 1. The van der Waals surface area contributed by atoms with E-state index in [1.165, 1.54) is 12.1 Å². The first-order valence-electron chi connectivity index (χ1n) is 8.67. The molecule has 0 aromatic heterocycles. The highest BCUT2D eigenvalue weighted by molar-refractivity contribution is 9.10. The van der Waals surface area contributed by atoms with Crippen molar-refractivity contribution in [3.05, 3.63) is 28.2 Å². The summed E-state index contributed by atoms with van der Waals surface area (Å²) in [6, 6.07) is 4.19. The Labute approximate surface area is 165 Å². The van der Waals surface area contributed by atoms with Crippen LogP contribution in [0.2, 0.25) is 0 Å². The van der Waals surface area contributed by atoms with Crippen LogP contribution in [0.5, 0.6) is 5.75 Å². The van der Waals surface area contributed by atoms with Crippen LogP contribution in [-0.2, 0) is 11.3 Å². The average Bonchev–Trinajstić information content (AvgIpc) is 2.47. The van der Waals surface area contributed by atoms with E-state index in [1.807, 2.05) is 20.8 Å². The van der Waals surface area contributed by atoms with Crippen molar-refractivity contribution in [1.29, 1.82) is 0 Å². The van der Waals surface area contributed by atoms with Crippen LogP contribution < -0.4 is 10.1 Å². The minimum absolute atomic E-state index is 0.0276. The fourth-order valence-corrected chi connectivity index (χ4v) is 3.37. The Bertz CT molecular complexity index is 662. The number of nitrogens with zero attached hydrogens (tertiary/aromatic N) is 1. The quantitative estimate of drug-likeness (QED) is 0.710. The van der Waals surface area contributed by atoms with Crippen molar-refractivity contribution in [2.45, 2.75) is 58.2 Å². The van der Waals surface area contributed by atoms with Crippen LogP contribution >= 0.6 is 15.9 Å². The number of alkyl carbamates (subject to hydrolysis) is 1. The molecule has 152 valence electrons. The molecule has 9 heteroatoms. The lowest BCUT2D eigenvalue weighted by atomic mass is 10.0. The highest BCUT2D eigenvalue weighted by Crippen LogP contribution is 2.29. The van der Waals surface area contributed by atoms with Crippen LogP contribution in [0, 0.1) is 0 Å². The van der Waals surface area contributed by atoms with Crippen molar-refractivity contribution in [1.82, 2.24) is 10.2 Å². The molecule has 1 atom stereocenters. The van der Waals surface area contributed by atoms with E-state index in [4.69, 9.17) is 4.74 Å². The molecule has 0 aliphatic carbocycles. The summed E-state index contributed by atoms with van der Waals surface area (Å²) in [6.45, 7) is 7.47. The molecule has 5 nitrogen and oxygen atoms in total. The van der Waals surface area contributed by atoms with Crippen LogP contribution in [0.25, 0.3) is 0 Å². The summed E-state index contributed by atoms with van der Waals surface area (Å²) in [5, 5.41) is 2.88. The Morgan fingerprint density at radius 3 is 2.63 bits per heavy atom. The van der Waals surface area contributed by atoms with Gasteiger partial charge in [-0.05, 0) is 57.9 Å². The lowest BCUT2D eigenvalue weighted by molar-refractivity contribution is -0.274. The van der Waals surface area contributed by atoms with Gasteiger partial charge in [0.15, 0.2) is 0 Å². The molecule has 0 radical (unpaired) electrons. The number of benzene rings is 1. The van der Waals surface area contributed by atoms with Crippen molar-refractivity contribution in [2.75, 3.05) is 13.1 Å². The summed E-state index contributed by atoms with van der Waals surface area (Å²) in [5.41, 5.74) is 0.297. The number of rotatable bonds is 4. The van der Waals surface area contributed by atoms with E-state index in [2.05, 4.69) is 30.9 Å². The SMILES string of the molecule is CC(C)(C)OC(=O)NC1CCCN(Cc2ccc(OC(F)(F)F)cc2Br)C1. The Kier molecular flexibility index (Phi) is 7.02. The van der Waals surface area contributed by atoms with Gasteiger partial charge in [-0.25, -0.2) is 4.79 Å². The average molecular weight is 453 g/mol. The van der Waals surface area contributed by atoms with Gasteiger partial charge in [0.25, 0.3) is 0 Å². The second kappa shape index (κ2) is 8.68. The summed E-state index contributed by atoms with van der Waals surface area (Å²) in [4.78, 5) is 14.1. The molecule has 1 aromatic rings. The van der Waals surface area contributed by atoms with E-state index < -0.39 is 18.1 Å². The second-order valence-electron chi connectivity index (χ2n) is 7.52.